The van der Waals surface area contributed by atoms with E-state index in [4.69, 9.17) is 47.0 Å². The Kier molecular flexibility index (Phi) is 12.3. The smallest absolute Gasteiger partial charge is 0.228 e. The summed E-state index contributed by atoms with van der Waals surface area (Å²) in [7, 11) is 0. The summed E-state index contributed by atoms with van der Waals surface area (Å²) in [5, 5.41) is 8.98. The Hall–Kier alpha value is -0.750. The number of aryl methyl sites for hydroxylation is 2. The van der Waals surface area contributed by atoms with Gasteiger partial charge >= 0.3 is 0 Å². The van der Waals surface area contributed by atoms with Crippen molar-refractivity contribution in [3.8, 4) is 0 Å². The Morgan fingerprint density at radius 3 is 2.24 bits per heavy atom. The number of carbonyl (C=O) groups is 1. The first kappa shape index (κ1) is 26.3. The normalized spacial score (nSPS) is 12.3. The lowest BCUT2D eigenvalue weighted by Gasteiger charge is -2.28. The lowest BCUT2D eigenvalue weighted by molar-refractivity contribution is -0.122. The van der Waals surface area contributed by atoms with E-state index in [9.17, 15) is 4.79 Å². The highest BCUT2D eigenvalue weighted by molar-refractivity contribution is 7.80. The van der Waals surface area contributed by atoms with Crippen molar-refractivity contribution >= 4 is 63.7 Å². The van der Waals surface area contributed by atoms with E-state index < -0.39 is 9.96 Å². The molecule has 1 aromatic rings. The third kappa shape index (κ3) is 11.3. The van der Waals surface area contributed by atoms with E-state index in [1.54, 1.807) is 0 Å². The predicted octanol–water partition coefficient (Wildman–Crippen LogP) is 6.54. The van der Waals surface area contributed by atoms with Crippen molar-refractivity contribution in [1.82, 2.24) is 10.6 Å². The minimum Gasteiger partial charge on any atom is -0.339 e. The summed E-state index contributed by atoms with van der Waals surface area (Å²) in [5.74, 6) is -0.170. The molecule has 29 heavy (non-hydrogen) atoms. The van der Waals surface area contributed by atoms with Crippen molar-refractivity contribution in [2.24, 2.45) is 0 Å². The second-order valence-electron chi connectivity index (χ2n) is 7.33. The van der Waals surface area contributed by atoms with Gasteiger partial charge in [-0.3, -0.25) is 4.79 Å². The summed E-state index contributed by atoms with van der Waals surface area (Å²) in [6, 6.07) is 5.96. The van der Waals surface area contributed by atoms with Gasteiger partial charge in [-0.25, -0.2) is 0 Å². The molecule has 1 atom stereocenters. The minimum atomic E-state index is -1.75. The third-order valence-electron chi connectivity index (χ3n) is 4.55. The molecular weight excluding hydrogens is 449 g/mol. The molecule has 0 bridgehead atoms. The first-order valence-electron chi connectivity index (χ1n) is 10.1. The van der Waals surface area contributed by atoms with Crippen LogP contribution in [0.3, 0.4) is 0 Å². The molecule has 0 heterocycles. The molecule has 1 amide bonds. The number of anilines is 1. The molecule has 0 fully saturated rings. The number of thiocarbonyl (C=S) groups is 1. The molecule has 0 spiro atoms. The Morgan fingerprint density at radius 2 is 1.66 bits per heavy atom. The highest BCUT2D eigenvalue weighted by atomic mass is 35.6. The van der Waals surface area contributed by atoms with E-state index in [2.05, 4.69) is 22.9 Å². The molecule has 0 aliphatic heterocycles. The fourth-order valence-corrected chi connectivity index (χ4v) is 3.47. The van der Waals surface area contributed by atoms with E-state index in [0.717, 1.165) is 36.1 Å². The van der Waals surface area contributed by atoms with Crippen LogP contribution in [0.25, 0.3) is 0 Å². The van der Waals surface area contributed by atoms with Crippen LogP contribution >= 0.6 is 47.0 Å². The maximum atomic E-state index is 12.3. The van der Waals surface area contributed by atoms with Crippen LogP contribution in [0.4, 0.5) is 5.69 Å². The lowest BCUT2D eigenvalue weighted by atomic mass is 10.1. The fourth-order valence-electron chi connectivity index (χ4n) is 2.92. The average molecular weight is 481 g/mol. The molecule has 1 unspecified atom stereocenters. The molecule has 0 aromatic heterocycles. The van der Waals surface area contributed by atoms with Gasteiger partial charge in [-0.15, -0.1) is 0 Å². The van der Waals surface area contributed by atoms with Gasteiger partial charge in [0, 0.05) is 12.1 Å². The van der Waals surface area contributed by atoms with Crippen molar-refractivity contribution in [3.63, 3.8) is 0 Å². The van der Waals surface area contributed by atoms with Gasteiger partial charge in [-0.2, -0.15) is 0 Å². The molecule has 1 aromatic carbocycles. The van der Waals surface area contributed by atoms with Gasteiger partial charge in [0.1, 0.15) is 6.17 Å². The van der Waals surface area contributed by atoms with Crippen molar-refractivity contribution in [2.75, 3.05) is 5.32 Å². The molecule has 8 heteroatoms. The first-order valence-corrected chi connectivity index (χ1v) is 11.7. The highest BCUT2D eigenvalue weighted by Crippen LogP contribution is 2.29. The van der Waals surface area contributed by atoms with Gasteiger partial charge in [0.15, 0.2) is 5.11 Å². The van der Waals surface area contributed by atoms with Crippen LogP contribution in [0.1, 0.15) is 69.4 Å². The number of rotatable bonds is 11. The van der Waals surface area contributed by atoms with Gasteiger partial charge in [-0.05, 0) is 44.1 Å². The zero-order valence-electron chi connectivity index (χ0n) is 17.4. The van der Waals surface area contributed by atoms with E-state index in [-0.39, 0.29) is 11.0 Å². The summed E-state index contributed by atoms with van der Waals surface area (Å²) < 4.78 is -1.75. The number of carbonyl (C=O) groups excluding carboxylic acids is 1. The molecule has 0 aliphatic rings. The van der Waals surface area contributed by atoms with Gasteiger partial charge < -0.3 is 16.0 Å². The summed E-state index contributed by atoms with van der Waals surface area (Å²) in [4.78, 5) is 12.3. The Bertz CT molecular complexity index is 665. The van der Waals surface area contributed by atoms with E-state index in [1.165, 1.54) is 25.7 Å². The number of amides is 1. The SMILES string of the molecule is CCCCCCCCCC(=O)NC(NC(=S)Nc1ccc(C)cc1C)C(Cl)(Cl)Cl. The maximum Gasteiger partial charge on any atom is 0.228 e. The van der Waals surface area contributed by atoms with Gasteiger partial charge in [-0.1, -0.05) is 97.9 Å². The molecule has 0 aliphatic carbocycles. The standard InChI is InChI=1S/C21H32Cl3N3OS/c1-4-5-6-7-8-9-10-11-18(28)26-19(21(22,23)24)27-20(29)25-17-13-12-15(2)14-16(17)3/h12-14,19H,4-11H2,1-3H3,(H,26,28)(H2,25,27,29). The highest BCUT2D eigenvalue weighted by Gasteiger charge is 2.34. The van der Waals surface area contributed by atoms with Crippen LogP contribution < -0.4 is 16.0 Å². The van der Waals surface area contributed by atoms with Crippen molar-refractivity contribution in [1.29, 1.82) is 0 Å². The number of nitrogens with one attached hydrogen (secondary N) is 3. The lowest BCUT2D eigenvalue weighted by Crippen LogP contribution is -2.56. The first-order chi connectivity index (χ1) is 13.6. The molecule has 0 radical (unpaired) electrons. The van der Waals surface area contributed by atoms with Crippen LogP contribution in [-0.2, 0) is 4.79 Å². The number of hydrogen-bond donors (Lipinski definition) is 3. The number of halogens is 3. The van der Waals surface area contributed by atoms with Crippen molar-refractivity contribution in [2.45, 2.75) is 82.1 Å². The average Bonchev–Trinajstić information content (AvgIpc) is 2.62. The monoisotopic (exact) mass is 479 g/mol. The Balaban J connectivity index is 2.49. The van der Waals surface area contributed by atoms with Crippen LogP contribution in [0.15, 0.2) is 18.2 Å². The van der Waals surface area contributed by atoms with Gasteiger partial charge in [0.05, 0.1) is 0 Å². The second kappa shape index (κ2) is 13.5. The summed E-state index contributed by atoms with van der Waals surface area (Å²) in [5.41, 5.74) is 3.05. The zero-order valence-corrected chi connectivity index (χ0v) is 20.5. The van der Waals surface area contributed by atoms with Crippen LogP contribution in [0.2, 0.25) is 0 Å². The Morgan fingerprint density at radius 1 is 1.03 bits per heavy atom. The molecule has 4 nitrogen and oxygen atoms in total. The molecule has 3 N–H and O–H groups in total. The quantitative estimate of drug-likeness (QED) is 0.146. The summed E-state index contributed by atoms with van der Waals surface area (Å²) in [6.07, 6.45) is 7.41. The second-order valence-corrected chi connectivity index (χ2v) is 10.1. The van der Waals surface area contributed by atoms with E-state index >= 15 is 0 Å². The van der Waals surface area contributed by atoms with Crippen LogP contribution in [0.5, 0.6) is 0 Å². The van der Waals surface area contributed by atoms with Gasteiger partial charge in [0.2, 0.25) is 9.70 Å². The van der Waals surface area contributed by atoms with Gasteiger partial charge in [0.25, 0.3) is 0 Å². The number of alkyl halides is 3. The van der Waals surface area contributed by atoms with E-state index in [0.29, 0.717) is 6.42 Å². The molecule has 0 saturated heterocycles. The topological polar surface area (TPSA) is 53.2 Å². The Labute approximate surface area is 195 Å². The molecule has 1 rings (SSSR count). The number of hydrogen-bond acceptors (Lipinski definition) is 2. The molecule has 164 valence electrons. The maximum absolute atomic E-state index is 12.3. The zero-order chi connectivity index (χ0) is 21.9. The molecule has 0 saturated carbocycles. The largest absolute Gasteiger partial charge is 0.339 e. The van der Waals surface area contributed by atoms with Crippen molar-refractivity contribution in [3.05, 3.63) is 29.3 Å². The third-order valence-corrected chi connectivity index (χ3v) is 5.42. The number of benzene rings is 1. The fraction of sp³-hybridized carbons (Fsp3) is 0.619. The summed E-state index contributed by atoms with van der Waals surface area (Å²) >= 11 is 23.5. The van der Waals surface area contributed by atoms with Crippen molar-refractivity contribution < 1.29 is 4.79 Å². The summed E-state index contributed by atoms with van der Waals surface area (Å²) in [6.45, 7) is 6.20. The molecular formula is C21H32Cl3N3OS. The van der Waals surface area contributed by atoms with Crippen LogP contribution in [-0.4, -0.2) is 21.0 Å². The minimum absolute atomic E-state index is 0.170. The predicted molar refractivity (Wildman–Crippen MR) is 130 cm³/mol. The van der Waals surface area contributed by atoms with Crippen LogP contribution in [0, 0.1) is 13.8 Å². The van der Waals surface area contributed by atoms with E-state index in [1.807, 2.05) is 32.0 Å². The number of unbranched alkanes of at least 4 members (excludes halogenated alkanes) is 6.